The molecule has 1 aromatic heterocycles. The first-order chi connectivity index (χ1) is 14.2. The van der Waals surface area contributed by atoms with Gasteiger partial charge in [0.25, 0.3) is 0 Å². The van der Waals surface area contributed by atoms with Crippen LogP contribution in [0.2, 0.25) is 5.02 Å². The summed E-state index contributed by atoms with van der Waals surface area (Å²) in [6, 6.07) is 18.3. The second-order valence-electron chi connectivity index (χ2n) is 7.51. The molecule has 3 aromatic rings. The molecule has 0 spiro atoms. The van der Waals surface area contributed by atoms with Crippen LogP contribution in [0.15, 0.2) is 60.8 Å². The summed E-state index contributed by atoms with van der Waals surface area (Å²) in [5.41, 5.74) is 2.29. The van der Waals surface area contributed by atoms with Crippen molar-refractivity contribution in [3.8, 4) is 0 Å². The van der Waals surface area contributed by atoms with Gasteiger partial charge in [0, 0.05) is 55.1 Å². The molecule has 1 saturated heterocycles. The summed E-state index contributed by atoms with van der Waals surface area (Å²) >= 11 is 6.08. The zero-order valence-corrected chi connectivity index (χ0v) is 17.3. The summed E-state index contributed by atoms with van der Waals surface area (Å²) in [7, 11) is 0. The average molecular weight is 411 g/mol. The van der Waals surface area contributed by atoms with Crippen LogP contribution < -0.4 is 10.2 Å². The quantitative estimate of drug-likeness (QED) is 0.605. The van der Waals surface area contributed by atoms with E-state index in [0.29, 0.717) is 18.1 Å². The maximum atomic E-state index is 12.3. The molecule has 0 radical (unpaired) electrons. The number of amides is 1. The molecule has 5 nitrogen and oxygen atoms in total. The Balaban J connectivity index is 1.16. The van der Waals surface area contributed by atoms with Crippen LogP contribution in [0.25, 0.3) is 10.9 Å². The van der Waals surface area contributed by atoms with Gasteiger partial charge in [-0.1, -0.05) is 35.9 Å². The van der Waals surface area contributed by atoms with Crippen LogP contribution in [0.5, 0.6) is 0 Å². The van der Waals surface area contributed by atoms with Gasteiger partial charge in [-0.3, -0.25) is 9.69 Å². The van der Waals surface area contributed by atoms with Gasteiger partial charge in [0.2, 0.25) is 5.91 Å². The van der Waals surface area contributed by atoms with Crippen molar-refractivity contribution >= 4 is 34.1 Å². The van der Waals surface area contributed by atoms with Crippen molar-refractivity contribution < 1.29 is 4.79 Å². The van der Waals surface area contributed by atoms with E-state index in [2.05, 4.69) is 45.4 Å². The minimum absolute atomic E-state index is 0.0383. The summed E-state index contributed by atoms with van der Waals surface area (Å²) in [6.07, 6.45) is 2.90. The molecule has 1 aliphatic heterocycles. The molecule has 152 valence electrons. The van der Waals surface area contributed by atoms with Gasteiger partial charge in [0.15, 0.2) is 0 Å². The van der Waals surface area contributed by atoms with E-state index >= 15 is 0 Å². The number of fused-ring (bicyclic) bond motifs is 1. The molecule has 1 aliphatic rings. The predicted octanol–water partition coefficient (Wildman–Crippen LogP) is 3.62. The summed E-state index contributed by atoms with van der Waals surface area (Å²) < 4.78 is 1.94. The standard InChI is InChI=1S/C23H27ClN4O/c24-20-8-7-19-9-12-28(22(19)17-20)18-23(29)25-10-4-11-26-13-15-27(16-14-26)21-5-2-1-3-6-21/h1-3,5-9,12,17H,4,10-11,13-16,18H2,(H,25,29). The third-order valence-corrected chi connectivity index (χ3v) is 5.75. The molecule has 2 heterocycles. The van der Waals surface area contributed by atoms with Gasteiger partial charge in [-0.15, -0.1) is 0 Å². The number of halogens is 1. The lowest BCUT2D eigenvalue weighted by molar-refractivity contribution is -0.121. The van der Waals surface area contributed by atoms with Crippen molar-refractivity contribution in [1.82, 2.24) is 14.8 Å². The number of carbonyl (C=O) groups is 1. The van der Waals surface area contributed by atoms with Crippen LogP contribution >= 0.6 is 11.6 Å². The van der Waals surface area contributed by atoms with Crippen molar-refractivity contribution in [1.29, 1.82) is 0 Å². The highest BCUT2D eigenvalue weighted by Gasteiger charge is 2.16. The lowest BCUT2D eigenvalue weighted by atomic mass is 10.2. The van der Waals surface area contributed by atoms with Crippen molar-refractivity contribution in [3.05, 3.63) is 65.8 Å². The Morgan fingerprint density at radius 2 is 1.79 bits per heavy atom. The third-order valence-electron chi connectivity index (χ3n) is 5.52. The molecular formula is C23H27ClN4O. The summed E-state index contributed by atoms with van der Waals surface area (Å²) in [5, 5.41) is 4.82. The lowest BCUT2D eigenvalue weighted by Gasteiger charge is -2.36. The number of rotatable bonds is 7. The van der Waals surface area contributed by atoms with Crippen LogP contribution in [0.3, 0.4) is 0 Å². The molecule has 0 unspecified atom stereocenters. The molecule has 1 N–H and O–H groups in total. The Kier molecular flexibility index (Phi) is 6.37. The van der Waals surface area contributed by atoms with E-state index < -0.39 is 0 Å². The molecule has 1 fully saturated rings. The van der Waals surface area contributed by atoms with Gasteiger partial charge in [0.05, 0.1) is 0 Å². The molecule has 29 heavy (non-hydrogen) atoms. The van der Waals surface area contributed by atoms with Gasteiger partial charge >= 0.3 is 0 Å². The van der Waals surface area contributed by atoms with Gasteiger partial charge < -0.3 is 14.8 Å². The van der Waals surface area contributed by atoms with Gasteiger partial charge in [-0.05, 0) is 48.7 Å². The number of nitrogens with one attached hydrogen (secondary N) is 1. The zero-order valence-electron chi connectivity index (χ0n) is 16.6. The Bertz CT molecular complexity index is 948. The first-order valence-electron chi connectivity index (χ1n) is 10.2. The SMILES string of the molecule is O=C(Cn1ccc2ccc(Cl)cc21)NCCCN1CCN(c2ccccc2)CC1. The smallest absolute Gasteiger partial charge is 0.239 e. The maximum Gasteiger partial charge on any atom is 0.239 e. The number of piperazine rings is 1. The molecular weight excluding hydrogens is 384 g/mol. The third kappa shape index (κ3) is 5.11. The molecule has 1 amide bonds. The number of carbonyl (C=O) groups excluding carboxylic acids is 1. The Morgan fingerprint density at radius 1 is 1.00 bits per heavy atom. The number of benzene rings is 2. The van der Waals surface area contributed by atoms with E-state index in [1.54, 1.807) is 0 Å². The maximum absolute atomic E-state index is 12.3. The van der Waals surface area contributed by atoms with E-state index in [1.165, 1.54) is 5.69 Å². The second kappa shape index (κ2) is 9.33. The van der Waals surface area contributed by atoms with Crippen LogP contribution in [0.1, 0.15) is 6.42 Å². The normalized spacial score (nSPS) is 15.0. The van der Waals surface area contributed by atoms with E-state index in [0.717, 1.165) is 50.0 Å². The highest BCUT2D eigenvalue weighted by molar-refractivity contribution is 6.31. The minimum atomic E-state index is 0.0383. The largest absolute Gasteiger partial charge is 0.369 e. The Labute approximate surface area is 176 Å². The molecule has 0 atom stereocenters. The first kappa shape index (κ1) is 19.8. The zero-order chi connectivity index (χ0) is 20.1. The predicted molar refractivity (Wildman–Crippen MR) is 120 cm³/mol. The second-order valence-corrected chi connectivity index (χ2v) is 7.95. The molecule has 0 saturated carbocycles. The highest BCUT2D eigenvalue weighted by atomic mass is 35.5. The van der Waals surface area contributed by atoms with Crippen molar-refractivity contribution in [2.75, 3.05) is 44.2 Å². The number of anilines is 1. The van der Waals surface area contributed by atoms with Gasteiger partial charge in [-0.2, -0.15) is 0 Å². The number of para-hydroxylation sites is 1. The number of aromatic nitrogens is 1. The summed E-state index contributed by atoms with van der Waals surface area (Å²) in [4.78, 5) is 17.2. The van der Waals surface area contributed by atoms with Gasteiger partial charge in [-0.25, -0.2) is 0 Å². The minimum Gasteiger partial charge on any atom is -0.369 e. The van der Waals surface area contributed by atoms with Crippen LogP contribution in [0, 0.1) is 0 Å². The molecule has 4 rings (SSSR count). The van der Waals surface area contributed by atoms with Crippen LogP contribution in [0.4, 0.5) is 5.69 Å². The summed E-state index contributed by atoms with van der Waals surface area (Å²) in [5.74, 6) is 0.0383. The van der Waals surface area contributed by atoms with Crippen LogP contribution in [-0.2, 0) is 11.3 Å². The van der Waals surface area contributed by atoms with Crippen LogP contribution in [-0.4, -0.2) is 54.6 Å². The molecule has 0 aliphatic carbocycles. The summed E-state index contributed by atoms with van der Waals surface area (Å²) in [6.45, 7) is 6.29. The molecule has 2 aromatic carbocycles. The van der Waals surface area contributed by atoms with E-state index in [4.69, 9.17) is 11.6 Å². The number of nitrogens with zero attached hydrogens (tertiary/aromatic N) is 3. The fourth-order valence-corrected chi connectivity index (χ4v) is 4.07. The van der Waals surface area contributed by atoms with Crippen molar-refractivity contribution in [3.63, 3.8) is 0 Å². The van der Waals surface area contributed by atoms with E-state index in [1.807, 2.05) is 35.0 Å². The fourth-order valence-electron chi connectivity index (χ4n) is 3.90. The first-order valence-corrected chi connectivity index (χ1v) is 10.6. The Morgan fingerprint density at radius 3 is 2.59 bits per heavy atom. The number of hydrogen-bond donors (Lipinski definition) is 1. The lowest BCUT2D eigenvalue weighted by Crippen LogP contribution is -2.47. The highest BCUT2D eigenvalue weighted by Crippen LogP contribution is 2.20. The van der Waals surface area contributed by atoms with Gasteiger partial charge in [0.1, 0.15) is 6.54 Å². The monoisotopic (exact) mass is 410 g/mol. The average Bonchev–Trinajstić information content (AvgIpc) is 3.14. The Hall–Kier alpha value is -2.50. The van der Waals surface area contributed by atoms with Crippen molar-refractivity contribution in [2.24, 2.45) is 0 Å². The number of hydrogen-bond acceptors (Lipinski definition) is 3. The fraction of sp³-hybridized carbons (Fsp3) is 0.348. The molecule has 0 bridgehead atoms. The van der Waals surface area contributed by atoms with Crippen molar-refractivity contribution in [2.45, 2.75) is 13.0 Å². The van der Waals surface area contributed by atoms with E-state index in [-0.39, 0.29) is 5.91 Å². The molecule has 6 heteroatoms. The topological polar surface area (TPSA) is 40.5 Å². The van der Waals surface area contributed by atoms with E-state index in [9.17, 15) is 4.79 Å².